The Bertz CT molecular complexity index is 373. The Hall–Kier alpha value is -1.87. The molecule has 1 heterocycles. The van der Waals surface area contributed by atoms with Gasteiger partial charge in [0.25, 0.3) is 0 Å². The van der Waals surface area contributed by atoms with Gasteiger partial charge in [-0.2, -0.15) is 10.2 Å². The van der Waals surface area contributed by atoms with Gasteiger partial charge in [-0.15, -0.1) is 0 Å². The average molecular weight is 207 g/mol. The molecule has 0 radical (unpaired) electrons. The molecule has 80 valence electrons. The largest absolute Gasteiger partial charge is 0.383 e. The molecule has 0 unspecified atom stereocenters. The van der Waals surface area contributed by atoms with E-state index in [2.05, 4.69) is 9.97 Å². The van der Waals surface area contributed by atoms with Crippen molar-refractivity contribution >= 4 is 11.8 Å². The first kappa shape index (κ1) is 11.2. The molecule has 15 heavy (non-hydrogen) atoms. The summed E-state index contributed by atoms with van der Waals surface area (Å²) in [6, 6.07) is 2.02. The van der Waals surface area contributed by atoms with Crippen molar-refractivity contribution < 1.29 is 4.74 Å². The standard InChI is InChI=1S/C9H13N5O/c1-14(3-4-15-2)8-7(5-10)6-12-9(11)13-8/h6H,3-4H2,1-2H3,(H2,11,12,13). The number of anilines is 2. The first-order valence-corrected chi connectivity index (χ1v) is 4.41. The van der Waals surface area contributed by atoms with Crippen molar-refractivity contribution in [3.05, 3.63) is 11.8 Å². The van der Waals surface area contributed by atoms with Crippen LogP contribution in [-0.2, 0) is 4.74 Å². The number of hydrogen-bond donors (Lipinski definition) is 1. The lowest BCUT2D eigenvalue weighted by molar-refractivity contribution is 0.206. The Morgan fingerprint density at radius 1 is 1.67 bits per heavy atom. The topological polar surface area (TPSA) is 88.1 Å². The van der Waals surface area contributed by atoms with Crippen molar-refractivity contribution in [2.75, 3.05) is 37.9 Å². The first-order valence-electron chi connectivity index (χ1n) is 4.41. The van der Waals surface area contributed by atoms with Gasteiger partial charge in [-0.05, 0) is 0 Å². The van der Waals surface area contributed by atoms with E-state index in [9.17, 15) is 0 Å². The minimum Gasteiger partial charge on any atom is -0.383 e. The lowest BCUT2D eigenvalue weighted by atomic mass is 10.3. The van der Waals surface area contributed by atoms with Gasteiger partial charge in [-0.25, -0.2) is 4.98 Å². The monoisotopic (exact) mass is 207 g/mol. The summed E-state index contributed by atoms with van der Waals surface area (Å²) in [6.07, 6.45) is 1.42. The molecule has 1 aromatic heterocycles. The van der Waals surface area contributed by atoms with Crippen LogP contribution in [-0.4, -0.2) is 37.3 Å². The zero-order valence-corrected chi connectivity index (χ0v) is 8.77. The van der Waals surface area contributed by atoms with Gasteiger partial charge in [0.1, 0.15) is 11.6 Å². The van der Waals surface area contributed by atoms with E-state index in [4.69, 9.17) is 15.7 Å². The number of nitriles is 1. The highest BCUT2D eigenvalue weighted by molar-refractivity contribution is 5.54. The van der Waals surface area contributed by atoms with Crippen LogP contribution in [0, 0.1) is 11.3 Å². The molecule has 6 nitrogen and oxygen atoms in total. The molecule has 0 aliphatic heterocycles. The van der Waals surface area contributed by atoms with Crippen LogP contribution in [0.4, 0.5) is 11.8 Å². The van der Waals surface area contributed by atoms with Crippen LogP contribution < -0.4 is 10.6 Å². The quantitative estimate of drug-likeness (QED) is 0.748. The van der Waals surface area contributed by atoms with E-state index < -0.39 is 0 Å². The molecule has 1 aromatic rings. The number of methoxy groups -OCH3 is 1. The molecular weight excluding hydrogens is 194 g/mol. The number of nitrogens with two attached hydrogens (primary N) is 1. The molecule has 0 saturated heterocycles. The smallest absolute Gasteiger partial charge is 0.222 e. The number of aromatic nitrogens is 2. The Morgan fingerprint density at radius 2 is 2.40 bits per heavy atom. The second-order valence-electron chi connectivity index (χ2n) is 2.99. The van der Waals surface area contributed by atoms with Crippen molar-refractivity contribution in [1.82, 2.24) is 9.97 Å². The first-order chi connectivity index (χ1) is 7.19. The molecule has 0 aliphatic rings. The number of nitrogens with zero attached hydrogens (tertiary/aromatic N) is 4. The fourth-order valence-electron chi connectivity index (χ4n) is 1.09. The van der Waals surface area contributed by atoms with Gasteiger partial charge in [0, 0.05) is 20.7 Å². The number of hydrogen-bond acceptors (Lipinski definition) is 6. The Labute approximate surface area is 88.3 Å². The Kier molecular flexibility index (Phi) is 3.83. The average Bonchev–Trinajstić information content (AvgIpc) is 2.25. The molecular formula is C9H13N5O. The zero-order chi connectivity index (χ0) is 11.3. The minimum atomic E-state index is 0.160. The van der Waals surface area contributed by atoms with Gasteiger partial charge >= 0.3 is 0 Å². The molecule has 2 N–H and O–H groups in total. The van der Waals surface area contributed by atoms with Crippen LogP contribution >= 0.6 is 0 Å². The second-order valence-corrected chi connectivity index (χ2v) is 2.99. The normalized spacial score (nSPS) is 9.67. The van der Waals surface area contributed by atoms with Gasteiger partial charge in [-0.1, -0.05) is 0 Å². The summed E-state index contributed by atoms with van der Waals surface area (Å²) in [5.41, 5.74) is 5.86. The van der Waals surface area contributed by atoms with E-state index in [-0.39, 0.29) is 5.95 Å². The van der Waals surface area contributed by atoms with E-state index in [0.29, 0.717) is 24.5 Å². The summed E-state index contributed by atoms with van der Waals surface area (Å²) in [7, 11) is 3.44. The summed E-state index contributed by atoms with van der Waals surface area (Å²) in [6.45, 7) is 1.20. The molecule has 6 heteroatoms. The molecule has 0 amide bonds. The van der Waals surface area contributed by atoms with Gasteiger partial charge in [-0.3, -0.25) is 0 Å². The maximum atomic E-state index is 8.85. The number of rotatable bonds is 4. The predicted octanol–water partition coefficient (Wildman–Crippen LogP) is 0.0131. The van der Waals surface area contributed by atoms with Crippen molar-refractivity contribution in [3.8, 4) is 6.07 Å². The Morgan fingerprint density at radius 3 is 3.00 bits per heavy atom. The molecule has 0 bridgehead atoms. The van der Waals surface area contributed by atoms with Gasteiger partial charge < -0.3 is 15.4 Å². The summed E-state index contributed by atoms with van der Waals surface area (Å²) < 4.78 is 4.94. The van der Waals surface area contributed by atoms with Crippen molar-refractivity contribution in [3.63, 3.8) is 0 Å². The van der Waals surface area contributed by atoms with Crippen LogP contribution in [0.15, 0.2) is 6.20 Å². The third-order valence-corrected chi connectivity index (χ3v) is 1.90. The fraction of sp³-hybridized carbons (Fsp3) is 0.444. The zero-order valence-electron chi connectivity index (χ0n) is 8.77. The van der Waals surface area contributed by atoms with Crippen LogP contribution in [0.3, 0.4) is 0 Å². The van der Waals surface area contributed by atoms with Gasteiger partial charge in [0.2, 0.25) is 5.95 Å². The Balaban J connectivity index is 2.91. The highest BCUT2D eigenvalue weighted by Gasteiger charge is 2.09. The molecule has 0 atom stereocenters. The van der Waals surface area contributed by atoms with Crippen molar-refractivity contribution in [1.29, 1.82) is 5.26 Å². The predicted molar refractivity (Wildman–Crippen MR) is 56.3 cm³/mol. The molecule has 0 saturated carbocycles. The third-order valence-electron chi connectivity index (χ3n) is 1.90. The molecule has 0 aromatic carbocycles. The SMILES string of the molecule is COCCN(C)c1nc(N)ncc1C#N. The van der Waals surface area contributed by atoms with Gasteiger partial charge in [0.15, 0.2) is 5.82 Å². The number of likely N-dealkylation sites (N-methyl/N-ethyl adjacent to an activating group) is 1. The molecule has 0 aliphatic carbocycles. The highest BCUT2D eigenvalue weighted by Crippen LogP contribution is 2.15. The van der Waals surface area contributed by atoms with Crippen LogP contribution in [0.2, 0.25) is 0 Å². The number of nitrogen functional groups attached to an aromatic ring is 1. The third kappa shape index (κ3) is 2.79. The minimum absolute atomic E-state index is 0.160. The maximum Gasteiger partial charge on any atom is 0.222 e. The summed E-state index contributed by atoms with van der Waals surface area (Å²) >= 11 is 0. The fourth-order valence-corrected chi connectivity index (χ4v) is 1.09. The molecule has 0 spiro atoms. The van der Waals surface area contributed by atoms with Gasteiger partial charge in [0.05, 0.1) is 12.8 Å². The van der Waals surface area contributed by atoms with Crippen LogP contribution in [0.25, 0.3) is 0 Å². The van der Waals surface area contributed by atoms with Crippen molar-refractivity contribution in [2.45, 2.75) is 0 Å². The lowest BCUT2D eigenvalue weighted by Gasteiger charge is -2.18. The van der Waals surface area contributed by atoms with Crippen LogP contribution in [0.5, 0.6) is 0 Å². The maximum absolute atomic E-state index is 8.85. The number of ether oxygens (including phenoxy) is 1. The van der Waals surface area contributed by atoms with E-state index in [1.807, 2.05) is 13.1 Å². The lowest BCUT2D eigenvalue weighted by Crippen LogP contribution is -2.24. The van der Waals surface area contributed by atoms with Crippen molar-refractivity contribution in [2.24, 2.45) is 0 Å². The van der Waals surface area contributed by atoms with E-state index >= 15 is 0 Å². The van der Waals surface area contributed by atoms with E-state index in [0.717, 1.165) is 0 Å². The van der Waals surface area contributed by atoms with Crippen LogP contribution in [0.1, 0.15) is 5.56 Å². The molecule has 1 rings (SSSR count). The second kappa shape index (κ2) is 5.12. The molecule has 0 fully saturated rings. The summed E-state index contributed by atoms with van der Waals surface area (Å²) in [5.74, 6) is 0.690. The summed E-state index contributed by atoms with van der Waals surface area (Å²) in [5, 5.41) is 8.85. The summed E-state index contributed by atoms with van der Waals surface area (Å²) in [4.78, 5) is 9.58. The highest BCUT2D eigenvalue weighted by atomic mass is 16.5. The van der Waals surface area contributed by atoms with E-state index in [1.54, 1.807) is 12.0 Å². The van der Waals surface area contributed by atoms with E-state index in [1.165, 1.54) is 6.20 Å².